The molecule has 84 valence electrons. The van der Waals surface area contributed by atoms with Crippen LogP contribution in [0.4, 0.5) is 16.1 Å². The molecule has 0 fully saturated rings. The van der Waals surface area contributed by atoms with Gasteiger partial charge >= 0.3 is 6.01 Å². The van der Waals surface area contributed by atoms with Crippen LogP contribution in [0.2, 0.25) is 0 Å². The summed E-state index contributed by atoms with van der Waals surface area (Å²) in [6.07, 6.45) is 0.527. The molecule has 0 saturated heterocycles. The van der Waals surface area contributed by atoms with E-state index in [9.17, 15) is 4.39 Å². The van der Waals surface area contributed by atoms with E-state index in [0.717, 1.165) is 0 Å². The average molecular weight is 242 g/mol. The van der Waals surface area contributed by atoms with Crippen molar-refractivity contribution in [2.24, 2.45) is 0 Å². The largest absolute Gasteiger partial charge is 0.408 e. The van der Waals surface area contributed by atoms with Crippen molar-refractivity contribution < 1.29 is 8.81 Å². The maximum Gasteiger partial charge on any atom is 0.320 e. The summed E-state index contributed by atoms with van der Waals surface area (Å²) >= 11 is 5.53. The fraction of sp³-hybridized carbons (Fsp3) is 0.200. The first-order valence-corrected chi connectivity index (χ1v) is 5.22. The predicted molar refractivity (Wildman–Crippen MR) is 58.4 cm³/mol. The van der Waals surface area contributed by atoms with E-state index in [0.29, 0.717) is 23.9 Å². The highest BCUT2D eigenvalue weighted by atomic mass is 35.5. The number of alkyl halides is 1. The Morgan fingerprint density at radius 1 is 1.25 bits per heavy atom. The Hall–Kier alpha value is -1.62. The topological polar surface area (TPSA) is 51.0 Å². The number of hydrogen-bond acceptors (Lipinski definition) is 4. The van der Waals surface area contributed by atoms with E-state index in [1.807, 2.05) is 0 Å². The second kappa shape index (κ2) is 4.94. The molecule has 16 heavy (non-hydrogen) atoms. The number of anilines is 2. The summed E-state index contributed by atoms with van der Waals surface area (Å²) in [7, 11) is 0. The first-order valence-electron chi connectivity index (χ1n) is 4.69. The van der Waals surface area contributed by atoms with E-state index in [1.54, 1.807) is 12.1 Å². The second-order valence-electron chi connectivity index (χ2n) is 3.07. The zero-order valence-corrected chi connectivity index (χ0v) is 9.04. The first-order chi connectivity index (χ1) is 7.78. The first kappa shape index (κ1) is 10.9. The third-order valence-corrected chi connectivity index (χ3v) is 2.06. The molecule has 0 aliphatic rings. The molecule has 6 heteroatoms. The molecule has 0 amide bonds. The zero-order chi connectivity index (χ0) is 11.4. The molecule has 2 aromatic rings. The molecular weight excluding hydrogens is 233 g/mol. The molecule has 1 aromatic carbocycles. The van der Waals surface area contributed by atoms with Gasteiger partial charge in [-0.3, -0.25) is 0 Å². The summed E-state index contributed by atoms with van der Waals surface area (Å²) in [6, 6.07) is 6.13. The van der Waals surface area contributed by atoms with Gasteiger partial charge in [0.25, 0.3) is 0 Å². The molecule has 1 N–H and O–H groups in total. The van der Waals surface area contributed by atoms with Gasteiger partial charge in [0.05, 0.1) is 0 Å². The average Bonchev–Trinajstić information content (AvgIpc) is 2.70. The van der Waals surface area contributed by atoms with Crippen LogP contribution in [-0.4, -0.2) is 16.1 Å². The summed E-state index contributed by atoms with van der Waals surface area (Å²) in [5.41, 5.74) is 0.683. The van der Waals surface area contributed by atoms with Crippen LogP contribution in [0, 0.1) is 5.82 Å². The Morgan fingerprint density at radius 2 is 2.00 bits per heavy atom. The van der Waals surface area contributed by atoms with E-state index >= 15 is 0 Å². The molecule has 1 heterocycles. The van der Waals surface area contributed by atoms with Crippen molar-refractivity contribution in [3.63, 3.8) is 0 Å². The number of nitrogens with one attached hydrogen (secondary N) is 1. The van der Waals surface area contributed by atoms with Gasteiger partial charge in [-0.15, -0.1) is 16.7 Å². The number of rotatable bonds is 4. The minimum Gasteiger partial charge on any atom is -0.408 e. The molecule has 0 aliphatic carbocycles. The highest BCUT2D eigenvalue weighted by Gasteiger charge is 2.05. The van der Waals surface area contributed by atoms with Crippen molar-refractivity contribution in [2.75, 3.05) is 11.2 Å². The Kier molecular flexibility index (Phi) is 3.36. The van der Waals surface area contributed by atoms with E-state index in [-0.39, 0.29) is 11.8 Å². The number of benzene rings is 1. The van der Waals surface area contributed by atoms with Crippen molar-refractivity contribution in [3.05, 3.63) is 36.0 Å². The molecule has 0 aliphatic heterocycles. The number of halogens is 2. The van der Waals surface area contributed by atoms with Gasteiger partial charge in [-0.2, -0.15) is 0 Å². The molecule has 4 nitrogen and oxygen atoms in total. The summed E-state index contributed by atoms with van der Waals surface area (Å²) in [5.74, 6) is 0.608. The number of aryl methyl sites for hydroxylation is 1. The van der Waals surface area contributed by atoms with Crippen molar-refractivity contribution in [3.8, 4) is 0 Å². The molecule has 2 rings (SSSR count). The lowest BCUT2D eigenvalue weighted by Crippen LogP contribution is -1.90. The molecule has 0 saturated carbocycles. The maximum atomic E-state index is 12.6. The van der Waals surface area contributed by atoms with Gasteiger partial charge in [0.1, 0.15) is 5.82 Å². The quantitative estimate of drug-likeness (QED) is 0.837. The smallest absolute Gasteiger partial charge is 0.320 e. The molecule has 1 aromatic heterocycles. The van der Waals surface area contributed by atoms with Gasteiger partial charge in [-0.1, -0.05) is 5.10 Å². The molecule has 0 unspecified atom stereocenters. The second-order valence-corrected chi connectivity index (χ2v) is 3.45. The summed E-state index contributed by atoms with van der Waals surface area (Å²) in [5, 5.41) is 10.4. The van der Waals surface area contributed by atoms with E-state index in [1.165, 1.54) is 12.1 Å². The Labute approximate surface area is 96.4 Å². The fourth-order valence-electron chi connectivity index (χ4n) is 1.14. The highest BCUT2D eigenvalue weighted by molar-refractivity contribution is 6.17. The minimum atomic E-state index is -0.293. The lowest BCUT2D eigenvalue weighted by atomic mass is 10.3. The summed E-state index contributed by atoms with van der Waals surface area (Å²) in [4.78, 5) is 0. The molecule has 0 spiro atoms. The van der Waals surface area contributed by atoms with Gasteiger partial charge in [0.2, 0.25) is 5.89 Å². The molecular formula is C10H9ClFN3O. The SMILES string of the molecule is Fc1ccc(Nc2nnc(CCCl)o2)cc1. The maximum absolute atomic E-state index is 12.6. The van der Waals surface area contributed by atoms with Gasteiger partial charge in [0, 0.05) is 18.0 Å². The normalized spacial score (nSPS) is 10.4. The summed E-state index contributed by atoms with van der Waals surface area (Å²) < 4.78 is 17.9. The van der Waals surface area contributed by atoms with E-state index < -0.39 is 0 Å². The Bertz CT molecular complexity index is 457. The van der Waals surface area contributed by atoms with E-state index in [2.05, 4.69) is 15.5 Å². The molecule has 0 atom stereocenters. The van der Waals surface area contributed by atoms with Crippen LogP contribution < -0.4 is 5.32 Å². The van der Waals surface area contributed by atoms with Crippen LogP contribution in [-0.2, 0) is 6.42 Å². The third-order valence-electron chi connectivity index (χ3n) is 1.87. The lowest BCUT2D eigenvalue weighted by Gasteiger charge is -1.99. The molecule has 0 radical (unpaired) electrons. The Balaban J connectivity index is 2.05. The van der Waals surface area contributed by atoms with Crippen LogP contribution in [0.25, 0.3) is 0 Å². The van der Waals surface area contributed by atoms with Crippen molar-refractivity contribution >= 4 is 23.3 Å². The van der Waals surface area contributed by atoms with Crippen LogP contribution in [0.1, 0.15) is 5.89 Å². The fourth-order valence-corrected chi connectivity index (χ4v) is 1.30. The van der Waals surface area contributed by atoms with Gasteiger partial charge < -0.3 is 9.73 Å². The van der Waals surface area contributed by atoms with Gasteiger partial charge in [-0.25, -0.2) is 4.39 Å². The van der Waals surface area contributed by atoms with Crippen LogP contribution in [0.3, 0.4) is 0 Å². The standard InChI is InChI=1S/C10H9ClFN3O/c11-6-5-9-14-15-10(16-9)13-8-3-1-7(12)2-4-8/h1-4H,5-6H2,(H,13,15). The minimum absolute atomic E-state index is 0.270. The predicted octanol–water partition coefficient (Wildman–Crippen LogP) is 2.73. The number of nitrogens with zero attached hydrogens (tertiary/aromatic N) is 2. The number of aromatic nitrogens is 2. The Morgan fingerprint density at radius 3 is 2.69 bits per heavy atom. The summed E-state index contributed by atoms with van der Waals surface area (Å²) in [6.45, 7) is 0. The van der Waals surface area contributed by atoms with E-state index in [4.69, 9.17) is 16.0 Å². The van der Waals surface area contributed by atoms with Gasteiger partial charge in [0.15, 0.2) is 0 Å². The van der Waals surface area contributed by atoms with Crippen molar-refractivity contribution in [1.29, 1.82) is 0 Å². The van der Waals surface area contributed by atoms with Crippen LogP contribution >= 0.6 is 11.6 Å². The van der Waals surface area contributed by atoms with Crippen LogP contribution in [0.5, 0.6) is 0 Å². The third kappa shape index (κ3) is 2.70. The number of hydrogen-bond donors (Lipinski definition) is 1. The lowest BCUT2D eigenvalue weighted by molar-refractivity contribution is 0.516. The highest BCUT2D eigenvalue weighted by Crippen LogP contribution is 2.15. The van der Waals surface area contributed by atoms with Crippen LogP contribution in [0.15, 0.2) is 28.7 Å². The van der Waals surface area contributed by atoms with Crippen molar-refractivity contribution in [2.45, 2.75) is 6.42 Å². The zero-order valence-electron chi connectivity index (χ0n) is 8.28. The van der Waals surface area contributed by atoms with Gasteiger partial charge in [-0.05, 0) is 24.3 Å². The van der Waals surface area contributed by atoms with Crippen molar-refractivity contribution in [1.82, 2.24) is 10.2 Å². The monoisotopic (exact) mass is 241 g/mol. The molecule has 0 bridgehead atoms.